The number of rotatable bonds is 5. The Morgan fingerprint density at radius 1 is 1.45 bits per heavy atom. The number of nitrogens with one attached hydrogen (secondary N) is 2. The molecule has 0 aliphatic carbocycles. The van der Waals surface area contributed by atoms with Crippen molar-refractivity contribution in [2.45, 2.75) is 52.6 Å². The number of anilines is 1. The minimum atomic E-state index is -0.392. The molecule has 0 radical (unpaired) electrons. The molecule has 5 heteroatoms. The summed E-state index contributed by atoms with van der Waals surface area (Å²) in [5.41, 5.74) is 1.28. The fourth-order valence-corrected chi connectivity index (χ4v) is 1.97. The molecule has 2 N–H and O–H groups in total. The van der Waals surface area contributed by atoms with Crippen LogP contribution >= 0.6 is 15.9 Å². The number of carbonyl (C=O) groups excluding carboxylic acids is 1. The zero-order chi connectivity index (χ0) is 15.5. The molecule has 3 nitrogen and oxygen atoms in total. The Kier molecular flexibility index (Phi) is 5.57. The fourth-order valence-electron chi connectivity index (χ4n) is 1.63. The van der Waals surface area contributed by atoms with Crippen LogP contribution in [0.25, 0.3) is 0 Å². The number of benzene rings is 1. The third-order valence-corrected chi connectivity index (χ3v) is 3.99. The smallest absolute Gasteiger partial charge is 0.242 e. The molecule has 0 aromatic heterocycles. The lowest BCUT2D eigenvalue weighted by atomic mass is 10.0. The molecule has 0 spiro atoms. The average Bonchev–Trinajstić information content (AvgIpc) is 2.35. The van der Waals surface area contributed by atoms with Crippen LogP contribution in [0.3, 0.4) is 0 Å². The molecule has 20 heavy (non-hydrogen) atoms. The van der Waals surface area contributed by atoms with E-state index in [1.807, 2.05) is 20.8 Å². The van der Waals surface area contributed by atoms with E-state index >= 15 is 0 Å². The lowest BCUT2D eigenvalue weighted by molar-refractivity contribution is -0.123. The van der Waals surface area contributed by atoms with Crippen molar-refractivity contribution < 1.29 is 9.18 Å². The van der Waals surface area contributed by atoms with E-state index in [0.717, 1.165) is 17.7 Å². The fraction of sp³-hybridized carbons (Fsp3) is 0.533. The van der Waals surface area contributed by atoms with E-state index in [2.05, 4.69) is 26.6 Å². The number of carbonyl (C=O) groups is 1. The van der Waals surface area contributed by atoms with Crippen LogP contribution < -0.4 is 10.6 Å². The summed E-state index contributed by atoms with van der Waals surface area (Å²) in [5.74, 6) is -0.381. The molecule has 1 unspecified atom stereocenters. The van der Waals surface area contributed by atoms with Crippen LogP contribution in [0.15, 0.2) is 16.6 Å². The van der Waals surface area contributed by atoms with Crippen LogP contribution in [0.4, 0.5) is 10.1 Å². The van der Waals surface area contributed by atoms with Gasteiger partial charge in [0, 0.05) is 11.2 Å². The van der Waals surface area contributed by atoms with Gasteiger partial charge in [0.05, 0.1) is 4.47 Å². The first-order valence-corrected chi connectivity index (χ1v) is 7.50. The van der Waals surface area contributed by atoms with E-state index in [4.69, 9.17) is 0 Å². The first kappa shape index (κ1) is 17.0. The van der Waals surface area contributed by atoms with Gasteiger partial charge in [-0.2, -0.15) is 0 Å². The van der Waals surface area contributed by atoms with E-state index in [0.29, 0.717) is 4.47 Å². The Morgan fingerprint density at radius 2 is 2.05 bits per heavy atom. The van der Waals surface area contributed by atoms with Gasteiger partial charge in [0.1, 0.15) is 11.9 Å². The van der Waals surface area contributed by atoms with Crippen molar-refractivity contribution in [1.29, 1.82) is 0 Å². The Morgan fingerprint density at radius 3 is 2.60 bits per heavy atom. The van der Waals surface area contributed by atoms with Crippen LogP contribution in [0, 0.1) is 12.7 Å². The van der Waals surface area contributed by atoms with Gasteiger partial charge in [-0.05, 0) is 67.7 Å². The van der Waals surface area contributed by atoms with Crippen molar-refractivity contribution in [2.75, 3.05) is 5.32 Å². The molecule has 0 heterocycles. The predicted octanol–water partition coefficient (Wildman–Crippen LogP) is 4.00. The van der Waals surface area contributed by atoms with Crippen LogP contribution in [0.1, 0.15) is 39.7 Å². The zero-order valence-corrected chi connectivity index (χ0v) is 14.2. The number of hydrogen-bond donors (Lipinski definition) is 2. The van der Waals surface area contributed by atoms with Gasteiger partial charge in [0.15, 0.2) is 0 Å². The van der Waals surface area contributed by atoms with Crippen LogP contribution in [0.5, 0.6) is 0 Å². The molecule has 1 amide bonds. The van der Waals surface area contributed by atoms with E-state index in [1.54, 1.807) is 19.9 Å². The largest absolute Gasteiger partial charge is 0.374 e. The Labute approximate surface area is 128 Å². The Balaban J connectivity index is 2.78. The van der Waals surface area contributed by atoms with Gasteiger partial charge in [0.25, 0.3) is 0 Å². The van der Waals surface area contributed by atoms with Crippen molar-refractivity contribution in [3.8, 4) is 0 Å². The first-order valence-electron chi connectivity index (χ1n) is 6.70. The molecule has 1 aromatic carbocycles. The second-order valence-corrected chi connectivity index (χ2v) is 6.53. The molecule has 0 aliphatic heterocycles. The highest BCUT2D eigenvalue weighted by Crippen LogP contribution is 2.24. The molecule has 1 rings (SSSR count). The molecule has 0 fully saturated rings. The summed E-state index contributed by atoms with van der Waals surface area (Å²) < 4.78 is 13.8. The van der Waals surface area contributed by atoms with Gasteiger partial charge in [-0.15, -0.1) is 0 Å². The van der Waals surface area contributed by atoms with Gasteiger partial charge in [-0.3, -0.25) is 4.79 Å². The summed E-state index contributed by atoms with van der Waals surface area (Å²) in [7, 11) is 0. The highest BCUT2D eigenvalue weighted by molar-refractivity contribution is 9.10. The van der Waals surface area contributed by atoms with E-state index < -0.39 is 6.04 Å². The van der Waals surface area contributed by atoms with E-state index in [1.165, 1.54) is 6.07 Å². The molecule has 0 saturated heterocycles. The number of hydrogen-bond acceptors (Lipinski definition) is 2. The van der Waals surface area contributed by atoms with Crippen molar-refractivity contribution >= 4 is 27.5 Å². The standard InChI is InChI=1S/C15H22BrFN2O/c1-6-15(4,5)19-14(20)10(3)18-13-8-11(16)12(17)7-9(13)2/h7-8,10,18H,6H2,1-5H3,(H,19,20). The Hall–Kier alpha value is -1.10. The lowest BCUT2D eigenvalue weighted by Crippen LogP contribution is -2.48. The SMILES string of the molecule is CCC(C)(C)NC(=O)C(C)Nc1cc(Br)c(F)cc1C. The summed E-state index contributed by atoms with van der Waals surface area (Å²) in [6, 6.07) is 2.70. The topological polar surface area (TPSA) is 41.1 Å². The van der Waals surface area contributed by atoms with Gasteiger partial charge in [0.2, 0.25) is 5.91 Å². The van der Waals surface area contributed by atoms with Gasteiger partial charge in [-0.25, -0.2) is 4.39 Å². The molecule has 112 valence electrons. The maximum Gasteiger partial charge on any atom is 0.242 e. The average molecular weight is 345 g/mol. The minimum Gasteiger partial charge on any atom is -0.374 e. The summed E-state index contributed by atoms with van der Waals surface area (Å²) in [5, 5.41) is 6.10. The third-order valence-electron chi connectivity index (χ3n) is 3.38. The van der Waals surface area contributed by atoms with E-state index in [-0.39, 0.29) is 17.3 Å². The monoisotopic (exact) mass is 344 g/mol. The van der Waals surface area contributed by atoms with Crippen LogP contribution in [-0.2, 0) is 4.79 Å². The number of amides is 1. The molecule has 0 saturated carbocycles. The maximum absolute atomic E-state index is 13.4. The third kappa shape index (κ3) is 4.47. The number of aryl methyl sites for hydroxylation is 1. The highest BCUT2D eigenvalue weighted by Gasteiger charge is 2.22. The number of halogens is 2. The molecule has 1 atom stereocenters. The van der Waals surface area contributed by atoms with Crippen molar-refractivity contribution in [3.05, 3.63) is 28.0 Å². The van der Waals surface area contributed by atoms with Crippen molar-refractivity contribution in [1.82, 2.24) is 5.32 Å². The second kappa shape index (κ2) is 6.57. The van der Waals surface area contributed by atoms with Crippen LogP contribution in [0.2, 0.25) is 0 Å². The lowest BCUT2D eigenvalue weighted by Gasteiger charge is -2.27. The second-order valence-electron chi connectivity index (χ2n) is 5.67. The minimum absolute atomic E-state index is 0.0725. The summed E-state index contributed by atoms with van der Waals surface area (Å²) in [4.78, 5) is 12.1. The molecule has 0 aliphatic rings. The summed E-state index contributed by atoms with van der Waals surface area (Å²) in [6.45, 7) is 9.59. The van der Waals surface area contributed by atoms with E-state index in [9.17, 15) is 9.18 Å². The highest BCUT2D eigenvalue weighted by atomic mass is 79.9. The Bertz CT molecular complexity index is 503. The van der Waals surface area contributed by atoms with Gasteiger partial charge < -0.3 is 10.6 Å². The van der Waals surface area contributed by atoms with Crippen LogP contribution in [-0.4, -0.2) is 17.5 Å². The molecule has 0 bridgehead atoms. The quantitative estimate of drug-likeness (QED) is 0.847. The molecular weight excluding hydrogens is 323 g/mol. The molecule has 1 aromatic rings. The van der Waals surface area contributed by atoms with Crippen molar-refractivity contribution in [2.24, 2.45) is 0 Å². The van der Waals surface area contributed by atoms with Gasteiger partial charge in [-0.1, -0.05) is 6.92 Å². The molecular formula is C15H22BrFN2O. The predicted molar refractivity (Wildman–Crippen MR) is 84.4 cm³/mol. The van der Waals surface area contributed by atoms with Gasteiger partial charge >= 0.3 is 0 Å². The zero-order valence-electron chi connectivity index (χ0n) is 12.6. The van der Waals surface area contributed by atoms with Crippen molar-refractivity contribution in [3.63, 3.8) is 0 Å². The first-order chi connectivity index (χ1) is 9.16. The summed E-state index contributed by atoms with van der Waals surface area (Å²) in [6.07, 6.45) is 0.854. The normalized spacial score (nSPS) is 12.9. The summed E-state index contributed by atoms with van der Waals surface area (Å²) >= 11 is 3.15. The maximum atomic E-state index is 13.4.